The summed E-state index contributed by atoms with van der Waals surface area (Å²) in [6, 6.07) is 2.62. The predicted octanol–water partition coefficient (Wildman–Crippen LogP) is 2.95. The van der Waals surface area contributed by atoms with E-state index in [0.717, 1.165) is 39.0 Å². The molecule has 120 valence electrons. The lowest BCUT2D eigenvalue weighted by Crippen LogP contribution is -2.53. The minimum atomic E-state index is -0.0521. The molecule has 1 aliphatic rings. The van der Waals surface area contributed by atoms with Crippen molar-refractivity contribution in [1.29, 1.82) is 0 Å². The largest absolute Gasteiger partial charge is 0.374 e. The maximum atomic E-state index is 6.17. The Kier molecular flexibility index (Phi) is 5.82. The van der Waals surface area contributed by atoms with Crippen molar-refractivity contribution in [3.8, 4) is 0 Å². The molecular formula is C17H31N3O. The molecule has 1 aliphatic heterocycles. The van der Waals surface area contributed by atoms with Crippen LogP contribution >= 0.6 is 0 Å². The second kappa shape index (κ2) is 7.41. The predicted molar refractivity (Wildman–Crippen MR) is 86.7 cm³/mol. The highest BCUT2D eigenvalue weighted by Gasteiger charge is 2.36. The zero-order valence-electron chi connectivity index (χ0n) is 14.1. The van der Waals surface area contributed by atoms with Gasteiger partial charge in [-0.25, -0.2) is 0 Å². The van der Waals surface area contributed by atoms with E-state index in [-0.39, 0.29) is 5.60 Å². The van der Waals surface area contributed by atoms with Crippen LogP contribution in [-0.4, -0.2) is 34.6 Å². The summed E-state index contributed by atoms with van der Waals surface area (Å²) >= 11 is 0. The topological polar surface area (TPSA) is 39.1 Å². The van der Waals surface area contributed by atoms with Gasteiger partial charge in [0, 0.05) is 31.3 Å². The summed E-state index contributed by atoms with van der Waals surface area (Å²) in [6.45, 7) is 11.6. The number of aromatic nitrogens is 2. The van der Waals surface area contributed by atoms with Crippen molar-refractivity contribution in [2.75, 3.05) is 13.2 Å². The van der Waals surface area contributed by atoms with Crippen molar-refractivity contribution < 1.29 is 4.74 Å². The summed E-state index contributed by atoms with van der Waals surface area (Å²) in [5.74, 6) is 0. The molecule has 1 aromatic rings. The Morgan fingerprint density at radius 3 is 2.76 bits per heavy atom. The van der Waals surface area contributed by atoms with E-state index in [9.17, 15) is 0 Å². The molecule has 1 saturated heterocycles. The van der Waals surface area contributed by atoms with E-state index in [2.05, 4.69) is 48.9 Å². The molecule has 0 saturated carbocycles. The zero-order valence-corrected chi connectivity index (χ0v) is 14.1. The van der Waals surface area contributed by atoms with Gasteiger partial charge in [0.25, 0.3) is 0 Å². The quantitative estimate of drug-likeness (QED) is 0.840. The highest BCUT2D eigenvalue weighted by molar-refractivity contribution is 5.13. The molecule has 2 heterocycles. The maximum Gasteiger partial charge on any atom is 0.0810 e. The fourth-order valence-corrected chi connectivity index (χ4v) is 3.32. The number of nitrogens with one attached hydrogen (secondary N) is 1. The van der Waals surface area contributed by atoms with Crippen LogP contribution in [0.25, 0.3) is 0 Å². The summed E-state index contributed by atoms with van der Waals surface area (Å²) in [5, 5.41) is 8.33. The number of aryl methyl sites for hydroxylation is 2. The Labute approximate surface area is 129 Å². The van der Waals surface area contributed by atoms with Crippen molar-refractivity contribution in [3.05, 3.63) is 17.5 Å². The first-order valence-corrected chi connectivity index (χ1v) is 8.55. The van der Waals surface area contributed by atoms with E-state index < -0.39 is 0 Å². The number of hydrogen-bond acceptors (Lipinski definition) is 3. The van der Waals surface area contributed by atoms with Crippen molar-refractivity contribution in [2.45, 2.75) is 78.0 Å². The van der Waals surface area contributed by atoms with E-state index in [4.69, 9.17) is 4.74 Å². The van der Waals surface area contributed by atoms with Gasteiger partial charge in [-0.1, -0.05) is 13.8 Å². The Hall–Kier alpha value is -0.870. The minimum absolute atomic E-state index is 0.0521. The molecule has 0 bridgehead atoms. The molecular weight excluding hydrogens is 262 g/mol. The zero-order chi connectivity index (χ0) is 15.3. The molecule has 2 rings (SSSR count). The lowest BCUT2D eigenvalue weighted by molar-refractivity contribution is -0.0884. The van der Waals surface area contributed by atoms with Gasteiger partial charge < -0.3 is 10.1 Å². The van der Waals surface area contributed by atoms with Gasteiger partial charge in [0.15, 0.2) is 0 Å². The third-order valence-corrected chi connectivity index (χ3v) is 4.68. The molecule has 21 heavy (non-hydrogen) atoms. The average molecular weight is 293 g/mol. The normalized spacial score (nSPS) is 24.2. The smallest absolute Gasteiger partial charge is 0.0810 e. The van der Waals surface area contributed by atoms with Crippen molar-refractivity contribution in [1.82, 2.24) is 15.1 Å². The summed E-state index contributed by atoms with van der Waals surface area (Å²) in [4.78, 5) is 0. The molecule has 0 amide bonds. The minimum Gasteiger partial charge on any atom is -0.374 e. The van der Waals surface area contributed by atoms with E-state index >= 15 is 0 Å². The lowest BCUT2D eigenvalue weighted by atomic mass is 9.85. The van der Waals surface area contributed by atoms with Crippen molar-refractivity contribution in [3.63, 3.8) is 0 Å². The lowest BCUT2D eigenvalue weighted by Gasteiger charge is -2.41. The van der Waals surface area contributed by atoms with E-state index in [0.29, 0.717) is 6.04 Å². The van der Waals surface area contributed by atoms with Crippen molar-refractivity contribution in [2.24, 2.45) is 0 Å². The highest BCUT2D eigenvalue weighted by Crippen LogP contribution is 2.29. The van der Waals surface area contributed by atoms with Crippen LogP contribution in [0.3, 0.4) is 0 Å². The second-order valence-corrected chi connectivity index (χ2v) is 6.23. The number of hydrogen-bond donors (Lipinski definition) is 1. The molecule has 4 nitrogen and oxygen atoms in total. The maximum absolute atomic E-state index is 6.17. The first kappa shape index (κ1) is 16.5. The Morgan fingerprint density at radius 2 is 2.19 bits per heavy atom. The van der Waals surface area contributed by atoms with Gasteiger partial charge in [-0.3, -0.25) is 4.68 Å². The van der Waals surface area contributed by atoms with Crippen LogP contribution in [0.1, 0.15) is 58.3 Å². The average Bonchev–Trinajstić information content (AvgIpc) is 2.90. The van der Waals surface area contributed by atoms with Crippen LogP contribution in [0.5, 0.6) is 0 Å². The number of ether oxygens (including phenoxy) is 1. The van der Waals surface area contributed by atoms with Crippen LogP contribution in [0.4, 0.5) is 0 Å². The fourth-order valence-electron chi connectivity index (χ4n) is 3.32. The van der Waals surface area contributed by atoms with E-state index in [1.165, 1.54) is 24.2 Å². The van der Waals surface area contributed by atoms with Gasteiger partial charge in [-0.15, -0.1) is 0 Å². The van der Waals surface area contributed by atoms with Crippen LogP contribution in [-0.2, 0) is 24.1 Å². The van der Waals surface area contributed by atoms with Crippen LogP contribution in [0.15, 0.2) is 6.07 Å². The SMILES string of the molecule is CCNC(Cc1cc(CC)nn1CC)C1(C)CCCCO1. The van der Waals surface area contributed by atoms with Crippen LogP contribution in [0.2, 0.25) is 0 Å². The Bertz CT molecular complexity index is 435. The molecule has 2 atom stereocenters. The van der Waals surface area contributed by atoms with Gasteiger partial charge >= 0.3 is 0 Å². The summed E-state index contributed by atoms with van der Waals surface area (Å²) in [7, 11) is 0. The molecule has 0 radical (unpaired) electrons. The highest BCUT2D eigenvalue weighted by atomic mass is 16.5. The second-order valence-electron chi connectivity index (χ2n) is 6.23. The summed E-state index contributed by atoms with van der Waals surface area (Å²) < 4.78 is 8.32. The van der Waals surface area contributed by atoms with Crippen molar-refractivity contribution >= 4 is 0 Å². The number of rotatable bonds is 7. The molecule has 0 aromatic carbocycles. The molecule has 0 spiro atoms. The Morgan fingerprint density at radius 1 is 1.38 bits per heavy atom. The molecule has 0 aliphatic carbocycles. The summed E-state index contributed by atoms with van der Waals surface area (Å²) in [5.41, 5.74) is 2.47. The molecule has 1 N–H and O–H groups in total. The number of nitrogens with zero attached hydrogens (tertiary/aromatic N) is 2. The molecule has 4 heteroatoms. The van der Waals surface area contributed by atoms with E-state index in [1.807, 2.05) is 0 Å². The van der Waals surface area contributed by atoms with Gasteiger partial charge in [0.05, 0.1) is 11.3 Å². The standard InChI is InChI=1S/C17H31N3O/c1-5-14-12-15(20(7-3)19-14)13-16(18-6-2)17(4)10-8-9-11-21-17/h12,16,18H,5-11,13H2,1-4H3. The summed E-state index contributed by atoms with van der Waals surface area (Å²) in [6.07, 6.45) is 5.60. The van der Waals surface area contributed by atoms with E-state index in [1.54, 1.807) is 0 Å². The van der Waals surface area contributed by atoms with Gasteiger partial charge in [0.2, 0.25) is 0 Å². The molecule has 2 unspecified atom stereocenters. The molecule has 1 aromatic heterocycles. The monoisotopic (exact) mass is 293 g/mol. The third-order valence-electron chi connectivity index (χ3n) is 4.68. The van der Waals surface area contributed by atoms with Gasteiger partial charge in [0.1, 0.15) is 0 Å². The fraction of sp³-hybridized carbons (Fsp3) is 0.824. The van der Waals surface area contributed by atoms with Gasteiger partial charge in [-0.05, 0) is 52.1 Å². The number of likely N-dealkylation sites (N-methyl/N-ethyl adjacent to an activating group) is 1. The molecule has 1 fully saturated rings. The third kappa shape index (κ3) is 3.86. The van der Waals surface area contributed by atoms with Crippen LogP contribution in [0, 0.1) is 0 Å². The van der Waals surface area contributed by atoms with Gasteiger partial charge in [-0.2, -0.15) is 5.10 Å². The first-order chi connectivity index (χ1) is 10.1. The van der Waals surface area contributed by atoms with Crippen LogP contribution < -0.4 is 5.32 Å². The first-order valence-electron chi connectivity index (χ1n) is 8.55. The Balaban J connectivity index is 2.17.